The zero-order chi connectivity index (χ0) is 13.8. The van der Waals surface area contributed by atoms with Crippen molar-refractivity contribution in [2.75, 3.05) is 23.3 Å². The summed E-state index contributed by atoms with van der Waals surface area (Å²) in [6, 6.07) is 12.2. The van der Waals surface area contributed by atoms with Crippen LogP contribution in [0.2, 0.25) is 0 Å². The zero-order valence-electron chi connectivity index (χ0n) is 11.0. The molecule has 0 amide bonds. The van der Waals surface area contributed by atoms with Gasteiger partial charge in [0.05, 0.1) is 11.3 Å². The molecule has 5 nitrogen and oxygen atoms in total. The molecule has 1 saturated heterocycles. The topological polar surface area (TPSA) is 64.8 Å². The van der Waals surface area contributed by atoms with Gasteiger partial charge in [0.15, 0.2) is 0 Å². The SMILES string of the molecule is N#Cc1ccccc1N1CCC(Nc2ccncn2)C1. The number of hydrogen-bond donors (Lipinski definition) is 1. The van der Waals surface area contributed by atoms with Gasteiger partial charge in [-0.15, -0.1) is 0 Å². The monoisotopic (exact) mass is 265 g/mol. The molecular formula is C15H15N5. The van der Waals surface area contributed by atoms with Crippen molar-refractivity contribution >= 4 is 11.5 Å². The van der Waals surface area contributed by atoms with Gasteiger partial charge in [-0.05, 0) is 24.6 Å². The standard InChI is InChI=1S/C15H15N5/c16-9-12-3-1-2-4-14(12)20-8-6-13(10-20)19-15-5-7-17-11-18-15/h1-5,7,11,13H,6,8,10H2,(H,17,18,19). The molecule has 0 saturated carbocycles. The smallest absolute Gasteiger partial charge is 0.129 e. The van der Waals surface area contributed by atoms with Gasteiger partial charge in [-0.2, -0.15) is 5.26 Å². The quantitative estimate of drug-likeness (QED) is 0.920. The van der Waals surface area contributed by atoms with Crippen LogP contribution >= 0.6 is 0 Å². The van der Waals surface area contributed by atoms with Crippen LogP contribution in [-0.2, 0) is 0 Å². The van der Waals surface area contributed by atoms with Crippen molar-refractivity contribution in [1.82, 2.24) is 9.97 Å². The molecule has 1 N–H and O–H groups in total. The highest BCUT2D eigenvalue weighted by Crippen LogP contribution is 2.25. The van der Waals surface area contributed by atoms with Crippen molar-refractivity contribution in [3.05, 3.63) is 48.4 Å². The van der Waals surface area contributed by atoms with Crippen LogP contribution in [0.3, 0.4) is 0 Å². The summed E-state index contributed by atoms with van der Waals surface area (Å²) in [4.78, 5) is 10.3. The van der Waals surface area contributed by atoms with Crippen LogP contribution in [0.1, 0.15) is 12.0 Å². The average molecular weight is 265 g/mol. The predicted octanol–water partition coefficient (Wildman–Crippen LogP) is 2.04. The molecule has 100 valence electrons. The van der Waals surface area contributed by atoms with Crippen LogP contribution in [0.4, 0.5) is 11.5 Å². The highest BCUT2D eigenvalue weighted by Gasteiger charge is 2.24. The number of anilines is 2. The molecule has 1 aromatic carbocycles. The lowest BCUT2D eigenvalue weighted by atomic mass is 10.2. The van der Waals surface area contributed by atoms with Gasteiger partial charge in [0.25, 0.3) is 0 Å². The lowest BCUT2D eigenvalue weighted by molar-refractivity contribution is 0.799. The summed E-state index contributed by atoms with van der Waals surface area (Å²) in [5, 5.41) is 12.6. The molecule has 0 aliphatic carbocycles. The van der Waals surface area contributed by atoms with E-state index in [2.05, 4.69) is 26.3 Å². The van der Waals surface area contributed by atoms with Crippen LogP contribution in [0.25, 0.3) is 0 Å². The van der Waals surface area contributed by atoms with E-state index in [1.165, 1.54) is 0 Å². The van der Waals surface area contributed by atoms with Crippen molar-refractivity contribution in [3.63, 3.8) is 0 Å². The molecule has 1 aliphatic heterocycles. The van der Waals surface area contributed by atoms with Gasteiger partial charge in [0.1, 0.15) is 18.2 Å². The molecule has 1 fully saturated rings. The summed E-state index contributed by atoms with van der Waals surface area (Å²) in [6.45, 7) is 1.82. The molecule has 2 heterocycles. The minimum Gasteiger partial charge on any atom is -0.368 e. The van der Waals surface area contributed by atoms with E-state index in [9.17, 15) is 5.26 Å². The van der Waals surface area contributed by atoms with E-state index in [0.717, 1.165) is 36.6 Å². The van der Waals surface area contributed by atoms with Gasteiger partial charge in [0.2, 0.25) is 0 Å². The zero-order valence-corrected chi connectivity index (χ0v) is 11.0. The van der Waals surface area contributed by atoms with Gasteiger partial charge in [0, 0.05) is 25.3 Å². The highest BCUT2D eigenvalue weighted by atomic mass is 15.2. The van der Waals surface area contributed by atoms with Crippen LogP contribution in [0, 0.1) is 11.3 Å². The largest absolute Gasteiger partial charge is 0.368 e. The Kier molecular flexibility index (Phi) is 3.46. The molecule has 0 bridgehead atoms. The first kappa shape index (κ1) is 12.4. The summed E-state index contributed by atoms with van der Waals surface area (Å²) >= 11 is 0. The molecular weight excluding hydrogens is 250 g/mol. The van der Waals surface area contributed by atoms with Crippen LogP contribution in [0.15, 0.2) is 42.9 Å². The Bertz CT molecular complexity index is 620. The number of nitrogens with one attached hydrogen (secondary N) is 1. The fourth-order valence-corrected chi connectivity index (χ4v) is 2.53. The van der Waals surface area contributed by atoms with Gasteiger partial charge in [-0.25, -0.2) is 9.97 Å². The third-order valence-corrected chi connectivity index (χ3v) is 3.49. The minimum absolute atomic E-state index is 0.344. The van der Waals surface area contributed by atoms with Gasteiger partial charge in [-0.1, -0.05) is 12.1 Å². The van der Waals surface area contributed by atoms with E-state index in [1.54, 1.807) is 12.5 Å². The number of para-hydroxylation sites is 1. The minimum atomic E-state index is 0.344. The van der Waals surface area contributed by atoms with Crippen molar-refractivity contribution in [2.45, 2.75) is 12.5 Å². The molecule has 1 atom stereocenters. The Morgan fingerprint density at radius 1 is 1.30 bits per heavy atom. The maximum atomic E-state index is 9.17. The van der Waals surface area contributed by atoms with E-state index < -0.39 is 0 Å². The third-order valence-electron chi connectivity index (χ3n) is 3.49. The molecule has 2 aromatic rings. The van der Waals surface area contributed by atoms with Crippen molar-refractivity contribution in [2.24, 2.45) is 0 Å². The number of hydrogen-bond acceptors (Lipinski definition) is 5. The molecule has 0 spiro atoms. The number of nitriles is 1. The van der Waals surface area contributed by atoms with E-state index in [-0.39, 0.29) is 0 Å². The number of rotatable bonds is 3. The Morgan fingerprint density at radius 3 is 3.00 bits per heavy atom. The first-order chi connectivity index (χ1) is 9.86. The molecule has 20 heavy (non-hydrogen) atoms. The Balaban J connectivity index is 1.69. The van der Waals surface area contributed by atoms with Crippen LogP contribution in [0.5, 0.6) is 0 Å². The first-order valence-electron chi connectivity index (χ1n) is 6.63. The van der Waals surface area contributed by atoms with Gasteiger partial charge >= 0.3 is 0 Å². The molecule has 1 unspecified atom stereocenters. The molecule has 5 heteroatoms. The second kappa shape index (κ2) is 5.57. The van der Waals surface area contributed by atoms with Crippen molar-refractivity contribution < 1.29 is 0 Å². The summed E-state index contributed by atoms with van der Waals surface area (Å²) in [7, 11) is 0. The lowest BCUT2D eigenvalue weighted by Crippen LogP contribution is -2.26. The Morgan fingerprint density at radius 2 is 2.20 bits per heavy atom. The predicted molar refractivity (Wildman–Crippen MR) is 77.4 cm³/mol. The van der Waals surface area contributed by atoms with E-state index >= 15 is 0 Å². The van der Waals surface area contributed by atoms with Crippen LogP contribution < -0.4 is 10.2 Å². The Hall–Kier alpha value is -2.61. The highest BCUT2D eigenvalue weighted by molar-refractivity contribution is 5.60. The fourth-order valence-electron chi connectivity index (χ4n) is 2.53. The van der Waals surface area contributed by atoms with E-state index in [0.29, 0.717) is 6.04 Å². The average Bonchev–Trinajstić information content (AvgIpc) is 2.96. The molecule has 3 rings (SSSR count). The number of nitrogens with zero attached hydrogens (tertiary/aromatic N) is 4. The third kappa shape index (κ3) is 2.54. The van der Waals surface area contributed by atoms with Gasteiger partial charge < -0.3 is 10.2 Å². The lowest BCUT2D eigenvalue weighted by Gasteiger charge is -2.20. The molecule has 1 aromatic heterocycles. The van der Waals surface area contributed by atoms with Gasteiger partial charge in [-0.3, -0.25) is 0 Å². The van der Waals surface area contributed by atoms with Crippen LogP contribution in [-0.4, -0.2) is 29.1 Å². The summed E-state index contributed by atoms with van der Waals surface area (Å²) < 4.78 is 0. The normalized spacial score (nSPS) is 17.8. The summed E-state index contributed by atoms with van der Waals surface area (Å²) in [5.74, 6) is 0.848. The fraction of sp³-hybridized carbons (Fsp3) is 0.267. The van der Waals surface area contributed by atoms with E-state index in [1.807, 2.05) is 30.3 Å². The first-order valence-corrected chi connectivity index (χ1v) is 6.63. The summed E-state index contributed by atoms with van der Waals surface area (Å²) in [6.07, 6.45) is 4.30. The second-order valence-corrected chi connectivity index (χ2v) is 4.80. The number of aromatic nitrogens is 2. The Labute approximate surface area is 117 Å². The number of benzene rings is 1. The molecule has 0 radical (unpaired) electrons. The second-order valence-electron chi connectivity index (χ2n) is 4.80. The van der Waals surface area contributed by atoms with Crippen molar-refractivity contribution in [1.29, 1.82) is 5.26 Å². The van der Waals surface area contributed by atoms with Crippen molar-refractivity contribution in [3.8, 4) is 6.07 Å². The maximum Gasteiger partial charge on any atom is 0.129 e. The van der Waals surface area contributed by atoms with E-state index in [4.69, 9.17) is 0 Å². The summed E-state index contributed by atoms with van der Waals surface area (Å²) in [5.41, 5.74) is 1.75. The maximum absolute atomic E-state index is 9.17. The molecule has 1 aliphatic rings.